The van der Waals surface area contributed by atoms with Gasteiger partial charge in [0.25, 0.3) is 0 Å². The van der Waals surface area contributed by atoms with E-state index < -0.39 is 19.7 Å². The van der Waals surface area contributed by atoms with Gasteiger partial charge in [-0.05, 0) is 29.7 Å². The summed E-state index contributed by atoms with van der Waals surface area (Å²) in [7, 11) is -2.08. The largest absolute Gasteiger partial charge is 0.441 e. The number of imidazole rings is 1. The van der Waals surface area contributed by atoms with Crippen molar-refractivity contribution in [2.45, 2.75) is 19.6 Å². The molecule has 157 valence electrons. The average Bonchev–Trinajstić information content (AvgIpc) is 3.24. The molecule has 3 heterocycles. The molecule has 0 unspecified atom stereocenters. The molecule has 3 aromatic heterocycles. The van der Waals surface area contributed by atoms with E-state index in [0.717, 1.165) is 5.69 Å². The van der Waals surface area contributed by atoms with E-state index >= 15 is 0 Å². The fourth-order valence-electron chi connectivity index (χ4n) is 2.75. The summed E-state index contributed by atoms with van der Waals surface area (Å²) in [6, 6.07) is 14.7. The van der Waals surface area contributed by atoms with Crippen LogP contribution in [0, 0.1) is 17.7 Å². The van der Waals surface area contributed by atoms with Gasteiger partial charge in [0.05, 0.1) is 13.8 Å². The van der Waals surface area contributed by atoms with E-state index in [2.05, 4.69) is 26.0 Å². The summed E-state index contributed by atoms with van der Waals surface area (Å²) in [5.41, 5.74) is 1.54. The normalized spacial score (nSPS) is 10.6. The number of benzene rings is 1. The Morgan fingerprint density at radius 3 is 2.00 bits per heavy atom. The second-order valence-corrected chi connectivity index (χ2v) is 12.3. The van der Waals surface area contributed by atoms with E-state index in [1.807, 2.05) is 37.8 Å². The monoisotopic (exact) mass is 599 g/mol. The van der Waals surface area contributed by atoms with Gasteiger partial charge < -0.3 is 15.0 Å². The number of halogens is 2. The van der Waals surface area contributed by atoms with Crippen LogP contribution in [0.1, 0.15) is 0 Å². The second kappa shape index (κ2) is 10.5. The molecule has 8 heteroatoms. The van der Waals surface area contributed by atoms with Crippen LogP contribution in [-0.4, -0.2) is 23.0 Å². The third-order valence-electron chi connectivity index (χ3n) is 4.05. The Balaban J connectivity index is 0.000000229. The number of hydrogen-bond acceptors (Lipinski definition) is 3. The van der Waals surface area contributed by atoms with Gasteiger partial charge in [-0.15, -0.1) is 12.1 Å². The van der Waals surface area contributed by atoms with Crippen molar-refractivity contribution in [3.8, 4) is 22.8 Å². The number of aromatic nitrogens is 4. The number of pyridine rings is 2. The van der Waals surface area contributed by atoms with Crippen molar-refractivity contribution in [3.05, 3.63) is 85.0 Å². The van der Waals surface area contributed by atoms with Crippen LogP contribution in [0.25, 0.3) is 22.8 Å². The van der Waals surface area contributed by atoms with Gasteiger partial charge >= 0.3 is 0 Å². The van der Waals surface area contributed by atoms with Gasteiger partial charge in [-0.1, -0.05) is 61.0 Å². The van der Waals surface area contributed by atoms with Gasteiger partial charge in [0.2, 0.25) is 0 Å². The van der Waals surface area contributed by atoms with Crippen molar-refractivity contribution < 1.29 is 28.9 Å². The Hall–Kier alpha value is -2.54. The summed E-state index contributed by atoms with van der Waals surface area (Å²) in [5, 5.41) is 0.210. The first-order valence-corrected chi connectivity index (χ1v) is 12.5. The van der Waals surface area contributed by atoms with Gasteiger partial charge in [-0.2, -0.15) is 0 Å². The zero-order valence-electron chi connectivity index (χ0n) is 16.7. The van der Waals surface area contributed by atoms with Crippen LogP contribution in [0.4, 0.5) is 8.78 Å². The van der Waals surface area contributed by atoms with Gasteiger partial charge in [0.15, 0.2) is 0 Å². The minimum absolute atomic E-state index is 0. The third kappa shape index (κ3) is 5.75. The van der Waals surface area contributed by atoms with Crippen LogP contribution < -0.4 is 10.2 Å². The van der Waals surface area contributed by atoms with E-state index in [-0.39, 0.29) is 30.9 Å². The van der Waals surface area contributed by atoms with Gasteiger partial charge in [0, 0.05) is 44.1 Å². The van der Waals surface area contributed by atoms with Crippen molar-refractivity contribution in [2.24, 2.45) is 0 Å². The first-order valence-electron chi connectivity index (χ1n) is 9.04. The van der Waals surface area contributed by atoms with E-state index in [9.17, 15) is 8.78 Å². The van der Waals surface area contributed by atoms with Crippen LogP contribution in [0.3, 0.4) is 0 Å². The molecule has 0 saturated carbocycles. The first-order chi connectivity index (χ1) is 13.9. The van der Waals surface area contributed by atoms with Crippen molar-refractivity contribution >= 4 is 13.3 Å². The summed E-state index contributed by atoms with van der Waals surface area (Å²) in [6.07, 6.45) is 6.62. The maximum Gasteiger partial charge on any atom is 0.0634 e. The Bertz CT molecular complexity index is 1050. The maximum atomic E-state index is 14.4. The predicted molar refractivity (Wildman–Crippen MR) is 112 cm³/mol. The Kier molecular flexibility index (Phi) is 8.29. The molecule has 0 saturated heterocycles. The molecule has 4 aromatic rings. The molecule has 0 N–H and O–H groups in total. The Morgan fingerprint density at radius 1 is 0.867 bits per heavy atom. The Labute approximate surface area is 189 Å². The van der Waals surface area contributed by atoms with Crippen molar-refractivity contribution in [3.63, 3.8) is 0 Å². The molecule has 4 nitrogen and oxygen atoms in total. The van der Waals surface area contributed by atoms with Crippen molar-refractivity contribution in [1.29, 1.82) is 0 Å². The van der Waals surface area contributed by atoms with Crippen molar-refractivity contribution in [2.75, 3.05) is 0 Å². The fraction of sp³-hybridized carbons (Fsp3) is 0.136. The average molecular weight is 599 g/mol. The van der Waals surface area contributed by atoms with E-state index in [0.29, 0.717) is 11.5 Å². The summed E-state index contributed by atoms with van der Waals surface area (Å²) >= 11 is 0. The molecular formula is C22H20F2IrN4Si-2. The third-order valence-corrected chi connectivity index (χ3v) is 6.00. The van der Waals surface area contributed by atoms with E-state index in [1.54, 1.807) is 43.0 Å². The molecule has 0 fully saturated rings. The summed E-state index contributed by atoms with van der Waals surface area (Å²) in [6.45, 7) is 5.74. The van der Waals surface area contributed by atoms with Gasteiger partial charge in [-0.3, -0.25) is 13.8 Å². The van der Waals surface area contributed by atoms with E-state index in [4.69, 9.17) is 0 Å². The topological polar surface area (TPSA) is 52.8 Å². The Morgan fingerprint density at radius 2 is 1.50 bits per heavy atom. The molecule has 0 atom stereocenters. The minimum Gasteiger partial charge on any atom is -0.441 e. The van der Waals surface area contributed by atoms with Crippen molar-refractivity contribution in [1.82, 2.24) is 19.9 Å². The van der Waals surface area contributed by atoms with Crippen LogP contribution in [0.2, 0.25) is 19.6 Å². The number of rotatable bonds is 3. The molecule has 0 bridgehead atoms. The molecule has 0 aliphatic heterocycles. The zero-order valence-corrected chi connectivity index (χ0v) is 20.1. The molecule has 4 rings (SSSR count). The summed E-state index contributed by atoms with van der Waals surface area (Å²) in [5.74, 6) is -0.343. The molecule has 0 aliphatic carbocycles. The SMILES string of the molecule is C[Si](C)(C)c1c(F)c[c-]c(-c2ccccn2)c1F.[Ir].c1ccc(-c2ncc[n-]2)nc1. The second-order valence-electron chi connectivity index (χ2n) is 7.26. The number of nitrogens with zero attached hydrogens (tertiary/aromatic N) is 4. The molecule has 0 aliphatic rings. The smallest absolute Gasteiger partial charge is 0.0634 e. The molecule has 1 aromatic carbocycles. The molecular weight excluding hydrogens is 579 g/mol. The molecule has 0 spiro atoms. The molecule has 1 radical (unpaired) electrons. The molecule has 0 amide bonds. The zero-order chi connectivity index (χ0) is 20.9. The van der Waals surface area contributed by atoms with Crippen LogP contribution in [-0.2, 0) is 20.1 Å². The standard InChI is InChI=1S/C14H14F2NSi.C8H6N3.Ir/c1-18(2,3)14-11(15)8-7-10(13(14)16)12-6-4-5-9-17-12;1-2-4-9-7(3-1)8-10-5-6-11-8;/h4-6,8-9H,1-3H3;1-6H;/q2*-1;. The van der Waals surface area contributed by atoms with E-state index in [1.165, 1.54) is 6.07 Å². The fourth-order valence-corrected chi connectivity index (χ4v) is 4.33. The number of hydrogen-bond donors (Lipinski definition) is 0. The predicted octanol–water partition coefficient (Wildman–Crippen LogP) is 4.47. The van der Waals surface area contributed by atoms with Crippen LogP contribution in [0.5, 0.6) is 0 Å². The first kappa shape index (κ1) is 23.7. The van der Waals surface area contributed by atoms with Gasteiger partial charge in [0.1, 0.15) is 0 Å². The summed E-state index contributed by atoms with van der Waals surface area (Å²) in [4.78, 5) is 16.2. The maximum absolute atomic E-state index is 14.4. The quantitative estimate of drug-likeness (QED) is 0.258. The minimum atomic E-state index is -2.08. The summed E-state index contributed by atoms with van der Waals surface area (Å²) < 4.78 is 28.2. The van der Waals surface area contributed by atoms with Gasteiger partial charge in [-0.25, -0.2) is 0 Å². The van der Waals surface area contributed by atoms with Crippen LogP contribution >= 0.6 is 0 Å². The molecule has 30 heavy (non-hydrogen) atoms. The van der Waals surface area contributed by atoms with Crippen LogP contribution in [0.15, 0.2) is 67.3 Å².